The van der Waals surface area contributed by atoms with Crippen LogP contribution in [0.3, 0.4) is 0 Å². The van der Waals surface area contributed by atoms with E-state index in [1.54, 1.807) is 0 Å². The van der Waals surface area contributed by atoms with Crippen LogP contribution in [-0.4, -0.2) is 78.2 Å². The first-order chi connectivity index (χ1) is 13.0. The molecule has 3 heterocycles. The second-order valence-corrected chi connectivity index (χ2v) is 8.42. The summed E-state index contributed by atoms with van der Waals surface area (Å²) in [5.74, 6) is 0.0746. The smallest absolute Gasteiger partial charge is 0.271 e. The number of oxime groups is 1. The minimum atomic E-state index is -0.304. The second-order valence-electron chi connectivity index (χ2n) is 8.42. The number of amides is 1. The van der Waals surface area contributed by atoms with Crippen LogP contribution in [0.2, 0.25) is 0 Å². The number of hydrogen-bond donors (Lipinski definition) is 0. The summed E-state index contributed by atoms with van der Waals surface area (Å²) in [7, 11) is 4.23. The monoisotopic (exact) mass is 370 g/mol. The molecule has 0 aliphatic carbocycles. The van der Waals surface area contributed by atoms with Crippen molar-refractivity contribution in [1.82, 2.24) is 14.7 Å². The van der Waals surface area contributed by atoms with Crippen molar-refractivity contribution in [3.63, 3.8) is 0 Å². The lowest BCUT2D eigenvalue weighted by Gasteiger charge is -2.35. The summed E-state index contributed by atoms with van der Waals surface area (Å²) in [6, 6.07) is 11.1. The zero-order chi connectivity index (χ0) is 18.9. The van der Waals surface area contributed by atoms with Crippen LogP contribution in [-0.2, 0) is 16.2 Å². The second kappa shape index (κ2) is 7.60. The molecule has 3 aliphatic rings. The van der Waals surface area contributed by atoms with Gasteiger partial charge in [0.2, 0.25) is 0 Å². The quantitative estimate of drug-likeness (QED) is 0.813. The minimum Gasteiger partial charge on any atom is -0.387 e. The van der Waals surface area contributed by atoms with Gasteiger partial charge in [-0.1, -0.05) is 35.5 Å². The lowest BCUT2D eigenvalue weighted by Crippen LogP contribution is -2.47. The maximum atomic E-state index is 12.9. The van der Waals surface area contributed by atoms with Crippen molar-refractivity contribution in [2.24, 2.45) is 5.16 Å². The van der Waals surface area contributed by atoms with E-state index in [2.05, 4.69) is 53.3 Å². The first-order valence-corrected chi connectivity index (χ1v) is 10.0. The summed E-state index contributed by atoms with van der Waals surface area (Å²) in [6.45, 7) is 4.37. The molecule has 2 saturated heterocycles. The first kappa shape index (κ1) is 18.4. The molecule has 0 saturated carbocycles. The third-order valence-electron chi connectivity index (χ3n) is 6.21. The molecule has 2 fully saturated rings. The predicted molar refractivity (Wildman–Crippen MR) is 105 cm³/mol. The van der Waals surface area contributed by atoms with Crippen LogP contribution in [0.4, 0.5) is 0 Å². The van der Waals surface area contributed by atoms with E-state index >= 15 is 0 Å². The van der Waals surface area contributed by atoms with Gasteiger partial charge in [0.1, 0.15) is 5.71 Å². The highest BCUT2D eigenvalue weighted by molar-refractivity contribution is 6.39. The number of nitrogens with zero attached hydrogens (tertiary/aromatic N) is 4. The van der Waals surface area contributed by atoms with Gasteiger partial charge in [-0.15, -0.1) is 0 Å². The molecule has 0 radical (unpaired) electrons. The summed E-state index contributed by atoms with van der Waals surface area (Å²) in [5, 5.41) is 4.23. The van der Waals surface area contributed by atoms with Crippen molar-refractivity contribution in [3.8, 4) is 0 Å². The lowest BCUT2D eigenvalue weighted by atomic mass is 9.95. The van der Waals surface area contributed by atoms with E-state index in [0.717, 1.165) is 52.0 Å². The Bertz CT molecular complexity index is 697. The molecular weight excluding hydrogens is 340 g/mol. The van der Waals surface area contributed by atoms with Crippen LogP contribution < -0.4 is 0 Å². The molecule has 0 bridgehead atoms. The predicted octanol–water partition coefficient (Wildman–Crippen LogP) is 1.96. The Labute approximate surface area is 161 Å². The van der Waals surface area contributed by atoms with Crippen molar-refractivity contribution in [1.29, 1.82) is 0 Å². The van der Waals surface area contributed by atoms with Crippen molar-refractivity contribution in [2.45, 2.75) is 43.9 Å². The minimum absolute atomic E-state index is 0.0746. The highest BCUT2D eigenvalue weighted by atomic mass is 16.7. The maximum absolute atomic E-state index is 12.9. The summed E-state index contributed by atoms with van der Waals surface area (Å²) in [6.07, 6.45) is 3.64. The summed E-state index contributed by atoms with van der Waals surface area (Å²) >= 11 is 0. The Kier molecular flexibility index (Phi) is 5.19. The van der Waals surface area contributed by atoms with Gasteiger partial charge >= 0.3 is 0 Å². The fraction of sp³-hybridized carbons (Fsp3) is 0.619. The van der Waals surface area contributed by atoms with Crippen LogP contribution in [0.1, 0.15) is 31.2 Å². The van der Waals surface area contributed by atoms with Crippen molar-refractivity contribution in [2.75, 3.05) is 40.3 Å². The highest BCUT2D eigenvalue weighted by Gasteiger charge is 2.47. The molecule has 1 amide bonds. The van der Waals surface area contributed by atoms with Crippen LogP contribution in [0.5, 0.6) is 0 Å². The van der Waals surface area contributed by atoms with Crippen LogP contribution in [0.15, 0.2) is 35.5 Å². The van der Waals surface area contributed by atoms with E-state index in [1.807, 2.05) is 11.0 Å². The van der Waals surface area contributed by atoms with Gasteiger partial charge < -0.3 is 14.6 Å². The van der Waals surface area contributed by atoms with Gasteiger partial charge in [0, 0.05) is 51.6 Å². The average Bonchev–Trinajstić information content (AvgIpc) is 3.29. The van der Waals surface area contributed by atoms with Crippen molar-refractivity contribution >= 4 is 11.6 Å². The number of likely N-dealkylation sites (tertiary alicyclic amines) is 2. The van der Waals surface area contributed by atoms with E-state index < -0.39 is 0 Å². The standard InChI is InChI=1S/C21H30N4O2/c1-23(2)18-8-11-25(12-9-18)20(26)19-14-21(27-22-19)10-13-24(16-21)15-17-6-4-3-5-7-17/h3-7,18H,8-16H2,1-2H3/t21-/m0/s1. The van der Waals surface area contributed by atoms with Crippen LogP contribution in [0.25, 0.3) is 0 Å². The molecule has 1 aromatic carbocycles. The van der Waals surface area contributed by atoms with E-state index in [0.29, 0.717) is 18.2 Å². The van der Waals surface area contributed by atoms with E-state index in [9.17, 15) is 4.79 Å². The molecule has 0 aromatic heterocycles. The van der Waals surface area contributed by atoms with Gasteiger partial charge in [-0.05, 0) is 32.5 Å². The van der Waals surface area contributed by atoms with Gasteiger partial charge in [0.25, 0.3) is 5.91 Å². The van der Waals surface area contributed by atoms with E-state index in [1.165, 1.54) is 5.56 Å². The normalized spacial score (nSPS) is 26.6. The van der Waals surface area contributed by atoms with Crippen LogP contribution in [0, 0.1) is 0 Å². The summed E-state index contributed by atoms with van der Waals surface area (Å²) in [5.41, 5.74) is 1.62. The molecule has 27 heavy (non-hydrogen) atoms. The maximum Gasteiger partial charge on any atom is 0.271 e. The third kappa shape index (κ3) is 4.01. The van der Waals surface area contributed by atoms with Gasteiger partial charge in [-0.3, -0.25) is 9.69 Å². The van der Waals surface area contributed by atoms with E-state index in [4.69, 9.17) is 4.84 Å². The Hall–Kier alpha value is -1.92. The molecular formula is C21H30N4O2. The number of rotatable bonds is 4. The average molecular weight is 370 g/mol. The fourth-order valence-corrected chi connectivity index (χ4v) is 4.53. The molecule has 6 heteroatoms. The molecule has 3 aliphatic heterocycles. The molecule has 1 atom stereocenters. The van der Waals surface area contributed by atoms with Gasteiger partial charge in [0.05, 0.1) is 0 Å². The lowest BCUT2D eigenvalue weighted by molar-refractivity contribution is -0.125. The molecule has 6 nitrogen and oxygen atoms in total. The Balaban J connectivity index is 1.30. The molecule has 1 spiro atoms. The van der Waals surface area contributed by atoms with Gasteiger partial charge in [-0.25, -0.2) is 0 Å². The Morgan fingerprint density at radius 1 is 1.22 bits per heavy atom. The topological polar surface area (TPSA) is 48.4 Å². The number of carbonyl (C=O) groups is 1. The van der Waals surface area contributed by atoms with Crippen molar-refractivity contribution < 1.29 is 9.63 Å². The molecule has 146 valence electrons. The SMILES string of the molecule is CN(C)C1CCN(C(=O)C2=NO[C@@]3(CCN(Cc4ccccc4)C3)C2)CC1. The Morgan fingerprint density at radius 2 is 1.96 bits per heavy atom. The van der Waals surface area contributed by atoms with Gasteiger partial charge in [0.15, 0.2) is 5.60 Å². The summed E-state index contributed by atoms with van der Waals surface area (Å²) in [4.78, 5) is 25.3. The molecule has 1 aromatic rings. The Morgan fingerprint density at radius 3 is 2.67 bits per heavy atom. The summed E-state index contributed by atoms with van der Waals surface area (Å²) < 4.78 is 0. The largest absolute Gasteiger partial charge is 0.387 e. The first-order valence-electron chi connectivity index (χ1n) is 10.0. The number of carbonyl (C=O) groups excluding carboxylic acids is 1. The van der Waals surface area contributed by atoms with Crippen molar-refractivity contribution in [3.05, 3.63) is 35.9 Å². The molecule has 0 unspecified atom stereocenters. The highest BCUT2D eigenvalue weighted by Crippen LogP contribution is 2.35. The molecule has 4 rings (SSSR count). The number of benzene rings is 1. The third-order valence-corrected chi connectivity index (χ3v) is 6.21. The number of hydrogen-bond acceptors (Lipinski definition) is 5. The van der Waals surface area contributed by atoms with Gasteiger partial charge in [-0.2, -0.15) is 0 Å². The van der Waals surface area contributed by atoms with Crippen LogP contribution >= 0.6 is 0 Å². The molecule has 0 N–H and O–H groups in total. The fourth-order valence-electron chi connectivity index (χ4n) is 4.53. The zero-order valence-corrected chi connectivity index (χ0v) is 16.4. The zero-order valence-electron chi connectivity index (χ0n) is 16.4. The number of piperidine rings is 1. The van der Waals surface area contributed by atoms with E-state index in [-0.39, 0.29) is 11.5 Å².